The topological polar surface area (TPSA) is 133 Å². The first-order chi connectivity index (χ1) is 19.3. The first kappa shape index (κ1) is 28.8. The molecule has 2 aromatic rings. The molecular weight excluding hydrogens is 524 g/mol. The Balaban J connectivity index is 1.18. The highest BCUT2D eigenvalue weighted by Crippen LogP contribution is 2.32. The Morgan fingerprint density at radius 2 is 1.38 bits per heavy atom. The van der Waals surface area contributed by atoms with Crippen LogP contribution in [0.25, 0.3) is 0 Å². The second kappa shape index (κ2) is 13.7. The predicted octanol–water partition coefficient (Wildman–Crippen LogP) is 3.89. The third-order valence-electron chi connectivity index (χ3n) is 6.28. The molecule has 0 unspecified atom stereocenters. The molecule has 2 fully saturated rings. The van der Waals surface area contributed by atoms with Crippen molar-refractivity contribution in [1.29, 1.82) is 0 Å². The lowest BCUT2D eigenvalue weighted by molar-refractivity contribution is -0.137. The monoisotopic (exact) mass is 554 g/mol. The molecule has 0 aromatic heterocycles. The van der Waals surface area contributed by atoms with Gasteiger partial charge in [0.2, 0.25) is 0 Å². The Morgan fingerprint density at radius 1 is 0.800 bits per heavy atom. The second-order valence-electron chi connectivity index (χ2n) is 9.23. The molecule has 2 aliphatic heterocycles. The van der Waals surface area contributed by atoms with E-state index in [1.807, 2.05) is 6.92 Å². The molecule has 11 heteroatoms. The number of carbonyl (C=O) groups excluding carboxylic acids is 4. The van der Waals surface area contributed by atoms with Gasteiger partial charge in [-0.2, -0.15) is 0 Å². The van der Waals surface area contributed by atoms with Crippen LogP contribution in [0.5, 0.6) is 11.5 Å². The van der Waals surface area contributed by atoms with E-state index in [0.717, 1.165) is 6.08 Å². The Bertz CT molecular complexity index is 1210. The number of unbranched alkanes of at least 4 members (excludes halogenated alkanes) is 1. The van der Waals surface area contributed by atoms with Gasteiger partial charge in [0.15, 0.2) is 6.10 Å². The summed E-state index contributed by atoms with van der Waals surface area (Å²) >= 11 is 0. The van der Waals surface area contributed by atoms with Crippen LogP contribution in [0.1, 0.15) is 40.5 Å². The van der Waals surface area contributed by atoms with Gasteiger partial charge in [-0.15, -0.1) is 0 Å². The largest absolute Gasteiger partial charge is 0.513 e. The molecule has 4 atom stereocenters. The van der Waals surface area contributed by atoms with E-state index in [0.29, 0.717) is 31.6 Å². The first-order valence-corrected chi connectivity index (χ1v) is 12.8. The Hall–Kier alpha value is -4.22. The number of fused-ring (bicyclic) bond motifs is 1. The van der Waals surface area contributed by atoms with Crippen LogP contribution < -0.4 is 9.47 Å². The van der Waals surface area contributed by atoms with E-state index in [1.165, 1.54) is 48.5 Å². The van der Waals surface area contributed by atoms with E-state index in [-0.39, 0.29) is 48.4 Å². The van der Waals surface area contributed by atoms with Gasteiger partial charge in [0.05, 0.1) is 43.7 Å². The fourth-order valence-corrected chi connectivity index (χ4v) is 4.16. The maximum Gasteiger partial charge on any atom is 0.513 e. The van der Waals surface area contributed by atoms with Crippen molar-refractivity contribution < 1.29 is 52.3 Å². The van der Waals surface area contributed by atoms with Crippen molar-refractivity contribution in [3.05, 3.63) is 72.3 Å². The fourth-order valence-electron chi connectivity index (χ4n) is 4.16. The summed E-state index contributed by atoms with van der Waals surface area (Å²) in [5.74, 6) is -0.984. The minimum atomic E-state index is -0.900. The molecular formula is C29H30O11. The minimum absolute atomic E-state index is 0.0627. The average molecular weight is 555 g/mol. The second-order valence-corrected chi connectivity index (χ2v) is 9.23. The molecule has 0 aliphatic carbocycles. The lowest BCUT2D eigenvalue weighted by atomic mass is 10.0. The quantitative estimate of drug-likeness (QED) is 0.100. The number of esters is 3. The van der Waals surface area contributed by atoms with Crippen LogP contribution in [0, 0.1) is 5.92 Å². The highest BCUT2D eigenvalue weighted by Gasteiger charge is 2.47. The van der Waals surface area contributed by atoms with Crippen LogP contribution in [0.4, 0.5) is 4.79 Å². The third kappa shape index (κ3) is 7.67. The molecule has 11 nitrogen and oxygen atoms in total. The van der Waals surface area contributed by atoms with E-state index in [4.69, 9.17) is 33.2 Å². The molecule has 0 N–H and O–H groups in total. The summed E-state index contributed by atoms with van der Waals surface area (Å²) in [4.78, 5) is 47.8. The summed E-state index contributed by atoms with van der Waals surface area (Å²) < 4.78 is 37.2. The molecule has 2 aliphatic rings. The summed E-state index contributed by atoms with van der Waals surface area (Å²) in [6.45, 7) is 6.49. The summed E-state index contributed by atoms with van der Waals surface area (Å²) in [6, 6.07) is 11.7. The molecule has 2 saturated heterocycles. The van der Waals surface area contributed by atoms with Crippen LogP contribution in [0.3, 0.4) is 0 Å². The van der Waals surface area contributed by atoms with Gasteiger partial charge in [0.1, 0.15) is 17.6 Å². The van der Waals surface area contributed by atoms with Crippen LogP contribution in [0.2, 0.25) is 0 Å². The van der Waals surface area contributed by atoms with Crippen LogP contribution in [-0.2, 0) is 28.5 Å². The Labute approximate surface area is 230 Å². The molecule has 0 amide bonds. The number of ether oxygens (including phenoxy) is 7. The summed E-state index contributed by atoms with van der Waals surface area (Å²) in [5, 5.41) is 0. The van der Waals surface area contributed by atoms with Crippen LogP contribution >= 0.6 is 0 Å². The van der Waals surface area contributed by atoms with Gasteiger partial charge in [-0.25, -0.2) is 19.2 Å². The van der Waals surface area contributed by atoms with Gasteiger partial charge < -0.3 is 33.2 Å². The standard InChI is InChI=1S/C29H30O11/c1-3-24(30)34-14-4-5-15-35-29(33)39-22-12-8-19(9-13-22)27(31)38-21-10-6-20(7-11-21)28(32)40-23-17-37-25-18(2)16-36-26(23)25/h3,6-13,18,23,25-26H,1,4-5,14-17H2,2H3/t18-,23-,25-,26-/m1/s1. The van der Waals surface area contributed by atoms with Crippen molar-refractivity contribution >= 4 is 24.1 Å². The van der Waals surface area contributed by atoms with Gasteiger partial charge in [-0.05, 0) is 61.4 Å². The molecule has 2 aromatic carbocycles. The third-order valence-corrected chi connectivity index (χ3v) is 6.28. The molecule has 212 valence electrons. The summed E-state index contributed by atoms with van der Waals surface area (Å²) in [5.41, 5.74) is 0.527. The van der Waals surface area contributed by atoms with Crippen molar-refractivity contribution in [3.8, 4) is 11.5 Å². The van der Waals surface area contributed by atoms with Gasteiger partial charge >= 0.3 is 24.1 Å². The van der Waals surface area contributed by atoms with E-state index in [9.17, 15) is 19.2 Å². The lowest BCUT2D eigenvalue weighted by Gasteiger charge is -2.16. The normalized spacial score (nSPS) is 21.1. The molecule has 0 saturated carbocycles. The minimum Gasteiger partial charge on any atom is -0.463 e. The Morgan fingerprint density at radius 3 is 2.02 bits per heavy atom. The molecule has 0 bridgehead atoms. The average Bonchev–Trinajstić information content (AvgIpc) is 3.53. The highest BCUT2D eigenvalue weighted by atomic mass is 16.7. The zero-order chi connectivity index (χ0) is 28.5. The zero-order valence-corrected chi connectivity index (χ0v) is 21.9. The maximum absolute atomic E-state index is 12.6. The summed E-state index contributed by atoms with van der Waals surface area (Å²) in [7, 11) is 0. The van der Waals surface area contributed by atoms with Crippen molar-refractivity contribution in [1.82, 2.24) is 0 Å². The van der Waals surface area contributed by atoms with Gasteiger partial charge in [0.25, 0.3) is 0 Å². The number of hydrogen-bond donors (Lipinski definition) is 0. The lowest BCUT2D eigenvalue weighted by Crippen LogP contribution is -2.32. The number of rotatable bonds is 11. The van der Waals surface area contributed by atoms with E-state index >= 15 is 0 Å². The van der Waals surface area contributed by atoms with Crippen molar-refractivity contribution in [2.24, 2.45) is 5.92 Å². The van der Waals surface area contributed by atoms with Crippen LogP contribution in [-0.4, -0.2) is 68.8 Å². The highest BCUT2D eigenvalue weighted by molar-refractivity contribution is 5.92. The number of benzene rings is 2. The van der Waals surface area contributed by atoms with E-state index < -0.39 is 30.2 Å². The smallest absolute Gasteiger partial charge is 0.463 e. The molecule has 2 heterocycles. The van der Waals surface area contributed by atoms with Gasteiger partial charge in [-0.1, -0.05) is 13.5 Å². The molecule has 40 heavy (non-hydrogen) atoms. The molecule has 4 rings (SSSR count). The van der Waals surface area contributed by atoms with Crippen molar-refractivity contribution in [2.45, 2.75) is 38.1 Å². The van der Waals surface area contributed by atoms with Gasteiger partial charge in [0, 0.05) is 12.0 Å². The number of hydrogen-bond acceptors (Lipinski definition) is 11. The SMILES string of the molecule is C=CC(=O)OCCCCOC(=O)Oc1ccc(C(=O)Oc2ccc(C(=O)O[C@@H]3CO[C@H]4[C@@H]3OC[C@H]4C)cc2)cc1. The zero-order valence-electron chi connectivity index (χ0n) is 21.9. The van der Waals surface area contributed by atoms with Crippen molar-refractivity contribution in [2.75, 3.05) is 26.4 Å². The summed E-state index contributed by atoms with van der Waals surface area (Å²) in [6.07, 6.45) is 0.390. The predicted molar refractivity (Wildman–Crippen MR) is 138 cm³/mol. The van der Waals surface area contributed by atoms with E-state index in [1.54, 1.807) is 0 Å². The van der Waals surface area contributed by atoms with E-state index in [2.05, 4.69) is 6.58 Å². The van der Waals surface area contributed by atoms with Crippen LogP contribution in [0.15, 0.2) is 61.2 Å². The van der Waals surface area contributed by atoms with Gasteiger partial charge in [-0.3, -0.25) is 0 Å². The number of carbonyl (C=O) groups is 4. The maximum atomic E-state index is 12.6. The van der Waals surface area contributed by atoms with Crippen molar-refractivity contribution in [3.63, 3.8) is 0 Å². The molecule has 0 spiro atoms. The Kier molecular flexibility index (Phi) is 9.87. The fraction of sp³-hybridized carbons (Fsp3) is 0.379. The molecule has 0 radical (unpaired) electrons. The first-order valence-electron chi connectivity index (χ1n) is 12.8.